The lowest BCUT2D eigenvalue weighted by Crippen LogP contribution is -2.61. The van der Waals surface area contributed by atoms with E-state index in [-0.39, 0.29) is 51.1 Å². The van der Waals surface area contributed by atoms with Gasteiger partial charge in [-0.15, -0.1) is 11.3 Å². The molecule has 0 saturated carbocycles. The summed E-state index contributed by atoms with van der Waals surface area (Å²) in [4.78, 5) is 73.9. The van der Waals surface area contributed by atoms with Gasteiger partial charge in [0.1, 0.15) is 28.6 Å². The van der Waals surface area contributed by atoms with Crippen molar-refractivity contribution in [3.63, 3.8) is 0 Å². The maximum atomic E-state index is 17.0. The van der Waals surface area contributed by atoms with E-state index in [0.29, 0.717) is 34.1 Å². The number of carbonyl (C=O) groups is 4. The third-order valence-electron chi connectivity index (χ3n) is 13.3. The summed E-state index contributed by atoms with van der Waals surface area (Å²) in [5.41, 5.74) is -4.64. The molecule has 2 aromatic rings. The second kappa shape index (κ2) is 21.8. The number of amides is 2. The van der Waals surface area contributed by atoms with Crippen LogP contribution in [-0.4, -0.2) is 140 Å². The van der Waals surface area contributed by atoms with Gasteiger partial charge in [0.05, 0.1) is 35.8 Å². The van der Waals surface area contributed by atoms with Gasteiger partial charge >= 0.3 is 12.1 Å². The quantitative estimate of drug-likeness (QED) is 0.117. The van der Waals surface area contributed by atoms with Crippen molar-refractivity contribution in [2.45, 2.75) is 161 Å². The fourth-order valence-corrected chi connectivity index (χ4v) is 10.3. The predicted molar refractivity (Wildman–Crippen MR) is 244 cm³/mol. The first-order chi connectivity index (χ1) is 30.9. The molecule has 5 heterocycles. The van der Waals surface area contributed by atoms with Crippen LogP contribution in [-0.2, 0) is 44.8 Å². The van der Waals surface area contributed by atoms with Crippen LogP contribution >= 0.6 is 11.3 Å². The zero-order valence-electron chi connectivity index (χ0n) is 39.8. The number of rotatable bonds is 10. The molecule has 4 N–H and O–H groups in total. The highest BCUT2D eigenvalue weighted by Crippen LogP contribution is 2.43. The van der Waals surface area contributed by atoms with Crippen LogP contribution in [0.25, 0.3) is 10.6 Å². The second-order valence-electron chi connectivity index (χ2n) is 18.7. The molecule has 0 radical (unpaired) electrons. The number of ether oxygens (including phenoxy) is 4. The van der Waals surface area contributed by atoms with E-state index in [0.717, 1.165) is 6.92 Å². The average molecular weight is 947 g/mol. The number of esters is 1. The number of hydrogen-bond donors (Lipinski definition) is 4. The number of fused-ring (bicyclic) bond motifs is 5. The van der Waals surface area contributed by atoms with Crippen LogP contribution in [0.2, 0.25) is 0 Å². The van der Waals surface area contributed by atoms with Crippen LogP contribution in [0.15, 0.2) is 33.9 Å². The monoisotopic (exact) mass is 946 g/mol. The van der Waals surface area contributed by atoms with Crippen LogP contribution in [0.1, 0.15) is 107 Å². The zero-order valence-corrected chi connectivity index (χ0v) is 40.6. The topological polar surface area (TPSA) is 241 Å². The molecule has 5 rings (SSSR count). The molecule has 2 bridgehead atoms. The summed E-state index contributed by atoms with van der Waals surface area (Å²) >= 11 is 1.25. The van der Waals surface area contributed by atoms with E-state index in [9.17, 15) is 29.4 Å². The Hall–Kier alpha value is -4.31. The first kappa shape index (κ1) is 52.7. The number of oxime groups is 1. The largest absolute Gasteiger partial charge is 0.465 e. The number of anilines is 1. The van der Waals surface area contributed by atoms with Crippen molar-refractivity contribution in [3.8, 4) is 10.6 Å². The fraction of sp³-hybridized carbons (Fsp3) is 0.696. The standard InChI is InChI=1S/C46H67FN6O12S/c1-12-33-46(9,60)31-17-16-30(52-62-22-29-15-14-28(20-48-29)40-49-34(23-66-40)50-43(58)59)21-61-44(7,19-24(3)36(26(31)5)51-35(54)13-2)39(27(6)38(56)45(8,47)42(57)64-33)65-41-37(55)32(53(10)11)18-25(4)63-41/h14-15,20,23-27,31-33,37,39,41,50,55,60H,12-13,16-19,21-22H2,1-11H3,(H,58,59)/b51-36?,52-30+/t24-,25-,26-,27+,31?,32+,33-,37-,39-,41+,44-,45+,46+/m1/s1. The molecule has 20 heteroatoms. The van der Waals surface area contributed by atoms with E-state index in [1.807, 2.05) is 39.8 Å². The molecule has 3 aliphatic rings. The van der Waals surface area contributed by atoms with Gasteiger partial charge in [-0.1, -0.05) is 39.8 Å². The molecular weight excluding hydrogens is 880 g/mol. The van der Waals surface area contributed by atoms with Gasteiger partial charge in [-0.3, -0.25) is 19.9 Å². The van der Waals surface area contributed by atoms with E-state index in [2.05, 4.69) is 25.4 Å². The number of alkyl halides is 1. The van der Waals surface area contributed by atoms with E-state index in [1.165, 1.54) is 25.2 Å². The van der Waals surface area contributed by atoms with Crippen molar-refractivity contribution in [2.24, 2.45) is 33.8 Å². The highest BCUT2D eigenvalue weighted by molar-refractivity contribution is 7.13. The van der Waals surface area contributed by atoms with Gasteiger partial charge in [0.25, 0.3) is 5.67 Å². The molecule has 2 amide bonds. The Bertz CT molecular complexity index is 2100. The van der Waals surface area contributed by atoms with Crippen molar-refractivity contribution in [1.82, 2.24) is 14.9 Å². The molecule has 366 valence electrons. The number of Topliss-reactive ketones (excluding diaryl/α,β-unsaturated/α-hetero) is 1. The van der Waals surface area contributed by atoms with Gasteiger partial charge in [0, 0.05) is 47.2 Å². The summed E-state index contributed by atoms with van der Waals surface area (Å²) in [5.74, 6) is -6.29. The number of aliphatic imine (C=N–C) groups is 1. The van der Waals surface area contributed by atoms with Crippen LogP contribution in [0.3, 0.4) is 0 Å². The third-order valence-corrected chi connectivity index (χ3v) is 14.2. The minimum atomic E-state index is -3.21. The SMILES string of the molecule is CCC(=O)N=C1[C@H](C)C[C@@]2(C)OC/C(=N/OCc3ccc(-c4nc(NC(=O)O)cs4)cn3)CCC([C@H]1C)[C@](C)(O)[C@@H](CC)OC(=O)[C@@](C)(F)C(=O)[C@H](C)[C@H]2O[C@@H]1O[C@H](C)C[C@H](N(C)C)[C@H]1O. The Balaban J connectivity index is 1.63. The molecule has 18 nitrogen and oxygen atoms in total. The van der Waals surface area contributed by atoms with E-state index in [1.54, 1.807) is 44.5 Å². The number of thiazole rings is 1. The van der Waals surface area contributed by atoms with Crippen LogP contribution in [0, 0.1) is 23.7 Å². The number of likely N-dealkylation sites (N-methyl/N-ethyl adjacent to an activating group) is 1. The van der Waals surface area contributed by atoms with Gasteiger partial charge in [0.15, 0.2) is 18.7 Å². The van der Waals surface area contributed by atoms with E-state index >= 15 is 4.39 Å². The smallest absolute Gasteiger partial charge is 0.410 e. The second-order valence-corrected chi connectivity index (χ2v) is 19.5. The van der Waals surface area contributed by atoms with Crippen molar-refractivity contribution < 1.29 is 62.7 Å². The number of pyridine rings is 1. The number of aliphatic hydroxyl groups excluding tert-OH is 1. The lowest BCUT2D eigenvalue weighted by molar-refractivity contribution is -0.296. The number of hydrogen-bond acceptors (Lipinski definition) is 16. The number of nitrogens with one attached hydrogen (secondary N) is 1. The lowest BCUT2D eigenvalue weighted by Gasteiger charge is -2.48. The molecule has 2 aromatic heterocycles. The molecule has 66 heavy (non-hydrogen) atoms. The normalized spacial score (nSPS) is 36.3. The van der Waals surface area contributed by atoms with Crippen LogP contribution in [0.5, 0.6) is 0 Å². The van der Waals surface area contributed by atoms with Crippen LogP contribution in [0.4, 0.5) is 15.0 Å². The minimum Gasteiger partial charge on any atom is -0.465 e. The minimum absolute atomic E-state index is 0.0296. The van der Waals surface area contributed by atoms with E-state index < -0.39 is 101 Å². The average Bonchev–Trinajstić information content (AvgIpc) is 3.72. The Morgan fingerprint density at radius 3 is 2.44 bits per heavy atom. The first-order valence-corrected chi connectivity index (χ1v) is 23.5. The van der Waals surface area contributed by atoms with E-state index in [4.69, 9.17) is 28.9 Å². The molecule has 0 spiro atoms. The van der Waals surface area contributed by atoms with Gasteiger partial charge in [-0.05, 0) is 97.9 Å². The number of ketones is 1. The maximum absolute atomic E-state index is 17.0. The Labute approximate surface area is 389 Å². The van der Waals surface area contributed by atoms with Gasteiger partial charge < -0.3 is 44.0 Å². The summed E-state index contributed by atoms with van der Waals surface area (Å²) in [7, 11) is 3.63. The van der Waals surface area contributed by atoms with Gasteiger partial charge in [-0.2, -0.15) is 0 Å². The molecule has 0 aromatic carbocycles. The van der Waals surface area contributed by atoms with Crippen molar-refractivity contribution in [2.75, 3.05) is 26.0 Å². The van der Waals surface area contributed by atoms with Crippen molar-refractivity contribution >= 4 is 52.3 Å². The molecule has 13 atom stereocenters. The number of carbonyl (C=O) groups excluding carboxylic acids is 3. The highest BCUT2D eigenvalue weighted by Gasteiger charge is 2.56. The summed E-state index contributed by atoms with van der Waals surface area (Å²) in [5, 5.41) is 42.2. The number of aliphatic hydroxyl groups is 2. The molecule has 0 aliphatic carbocycles. The molecule has 3 saturated heterocycles. The summed E-state index contributed by atoms with van der Waals surface area (Å²) in [6.07, 6.45) is -4.29. The fourth-order valence-electron chi connectivity index (χ4n) is 9.57. The summed E-state index contributed by atoms with van der Waals surface area (Å²) in [6, 6.07) is 3.07. The van der Waals surface area contributed by atoms with Crippen LogP contribution < -0.4 is 5.32 Å². The van der Waals surface area contributed by atoms with Gasteiger partial charge in [-0.25, -0.2) is 24.0 Å². The van der Waals surface area contributed by atoms with Gasteiger partial charge in [0.2, 0.25) is 5.91 Å². The molecule has 3 fully saturated rings. The highest BCUT2D eigenvalue weighted by atomic mass is 32.1. The number of cyclic esters (lactones) is 1. The Kier molecular flexibility index (Phi) is 17.4. The number of carboxylic acid groups (broad SMARTS) is 1. The lowest BCUT2D eigenvalue weighted by atomic mass is 9.68. The maximum Gasteiger partial charge on any atom is 0.410 e. The molecule has 3 aliphatic heterocycles. The predicted octanol–water partition coefficient (Wildman–Crippen LogP) is 6.22. The molecular formula is C46H67FN6O12S. The Morgan fingerprint density at radius 2 is 1.82 bits per heavy atom. The summed E-state index contributed by atoms with van der Waals surface area (Å²) in [6.45, 7) is 14.1. The number of aromatic nitrogens is 2. The first-order valence-electron chi connectivity index (χ1n) is 22.6. The van der Waals surface area contributed by atoms with Crippen molar-refractivity contribution in [3.05, 3.63) is 29.4 Å². The summed E-state index contributed by atoms with van der Waals surface area (Å²) < 4.78 is 42.6. The zero-order chi connectivity index (χ0) is 48.9. The number of halogens is 1. The third kappa shape index (κ3) is 12.0. The Morgan fingerprint density at radius 1 is 1.11 bits per heavy atom. The van der Waals surface area contributed by atoms with Crippen molar-refractivity contribution in [1.29, 1.82) is 0 Å². The number of nitrogens with zero attached hydrogens (tertiary/aromatic N) is 5. The molecule has 1 unspecified atom stereocenters.